The van der Waals surface area contributed by atoms with Crippen molar-refractivity contribution in [3.05, 3.63) is 35.9 Å². The van der Waals surface area contributed by atoms with Crippen LogP contribution in [-0.2, 0) is 14.3 Å². The highest BCUT2D eigenvalue weighted by Gasteiger charge is 2.43. The maximum Gasteiger partial charge on any atom is 0.331 e. The first kappa shape index (κ1) is 15.5. The summed E-state index contributed by atoms with van der Waals surface area (Å²) in [6, 6.07) is 9.97. The summed E-state index contributed by atoms with van der Waals surface area (Å²) in [5.74, 6) is -0.993. The van der Waals surface area contributed by atoms with Gasteiger partial charge in [-0.1, -0.05) is 37.3 Å². The van der Waals surface area contributed by atoms with Gasteiger partial charge in [-0.25, -0.2) is 4.79 Å². The number of hydrogen-bond donors (Lipinski definition) is 2. The van der Waals surface area contributed by atoms with E-state index in [2.05, 4.69) is 12.2 Å². The van der Waals surface area contributed by atoms with Gasteiger partial charge < -0.3 is 15.2 Å². The quantitative estimate of drug-likeness (QED) is 0.839. The SMILES string of the molecule is CC(CCC(=O)NC1(C(=O)O)CCOC1)c1ccccc1. The molecule has 1 heterocycles. The van der Waals surface area contributed by atoms with E-state index in [1.54, 1.807) is 0 Å². The van der Waals surface area contributed by atoms with Gasteiger partial charge >= 0.3 is 5.97 Å². The highest BCUT2D eigenvalue weighted by atomic mass is 16.5. The molecule has 0 aliphatic carbocycles. The van der Waals surface area contributed by atoms with Gasteiger partial charge in [0.05, 0.1) is 6.61 Å². The maximum atomic E-state index is 12.0. The fourth-order valence-electron chi connectivity index (χ4n) is 2.51. The van der Waals surface area contributed by atoms with Crippen LogP contribution < -0.4 is 5.32 Å². The van der Waals surface area contributed by atoms with Gasteiger partial charge in [-0.2, -0.15) is 0 Å². The number of aliphatic carboxylic acids is 1. The number of carbonyl (C=O) groups excluding carboxylic acids is 1. The maximum absolute atomic E-state index is 12.0. The average Bonchev–Trinajstić information content (AvgIpc) is 2.95. The molecule has 1 fully saturated rings. The number of benzene rings is 1. The molecule has 21 heavy (non-hydrogen) atoms. The molecule has 0 bridgehead atoms. The van der Waals surface area contributed by atoms with E-state index >= 15 is 0 Å². The third-order valence-corrected chi connectivity index (χ3v) is 3.98. The predicted molar refractivity (Wildman–Crippen MR) is 78.0 cm³/mol. The van der Waals surface area contributed by atoms with E-state index in [1.165, 1.54) is 5.56 Å². The molecule has 1 saturated heterocycles. The van der Waals surface area contributed by atoms with E-state index in [1.807, 2.05) is 30.3 Å². The van der Waals surface area contributed by atoms with Crippen LogP contribution in [0.2, 0.25) is 0 Å². The van der Waals surface area contributed by atoms with Crippen LogP contribution in [0.25, 0.3) is 0 Å². The van der Waals surface area contributed by atoms with Crippen LogP contribution in [-0.4, -0.2) is 35.7 Å². The topological polar surface area (TPSA) is 75.6 Å². The minimum atomic E-state index is -1.24. The third kappa shape index (κ3) is 3.82. The molecule has 0 aromatic heterocycles. The molecule has 1 aromatic carbocycles. The van der Waals surface area contributed by atoms with Crippen LogP contribution in [0.1, 0.15) is 37.7 Å². The van der Waals surface area contributed by atoms with Crippen molar-refractivity contribution in [1.29, 1.82) is 0 Å². The first-order chi connectivity index (χ1) is 10.0. The monoisotopic (exact) mass is 291 g/mol. The number of carboxylic acid groups (broad SMARTS) is 1. The fourth-order valence-corrected chi connectivity index (χ4v) is 2.51. The standard InChI is InChI=1S/C16H21NO4/c1-12(13-5-3-2-4-6-13)7-8-14(18)17-16(15(19)20)9-10-21-11-16/h2-6,12H,7-11H2,1H3,(H,17,18)(H,19,20). The third-order valence-electron chi connectivity index (χ3n) is 3.98. The van der Waals surface area contributed by atoms with E-state index in [4.69, 9.17) is 4.74 Å². The summed E-state index contributed by atoms with van der Waals surface area (Å²) < 4.78 is 5.12. The zero-order valence-electron chi connectivity index (χ0n) is 12.2. The van der Waals surface area contributed by atoms with Crippen LogP contribution in [0.15, 0.2) is 30.3 Å². The predicted octanol–water partition coefficient (Wildman–Crippen LogP) is 1.93. The number of carbonyl (C=O) groups is 2. The van der Waals surface area contributed by atoms with Gasteiger partial charge in [0, 0.05) is 19.4 Å². The second kappa shape index (κ2) is 6.72. The Hall–Kier alpha value is -1.88. The van der Waals surface area contributed by atoms with Crippen molar-refractivity contribution in [1.82, 2.24) is 5.32 Å². The van der Waals surface area contributed by atoms with Gasteiger partial charge in [0.25, 0.3) is 0 Å². The Balaban J connectivity index is 1.86. The van der Waals surface area contributed by atoms with Crippen LogP contribution in [0, 0.1) is 0 Å². The largest absolute Gasteiger partial charge is 0.479 e. The lowest BCUT2D eigenvalue weighted by Crippen LogP contribution is -2.55. The van der Waals surface area contributed by atoms with Gasteiger partial charge in [-0.05, 0) is 17.9 Å². The van der Waals surface area contributed by atoms with Crippen molar-refractivity contribution in [3.63, 3.8) is 0 Å². The van der Waals surface area contributed by atoms with E-state index in [0.717, 1.165) is 0 Å². The van der Waals surface area contributed by atoms with Crippen LogP contribution >= 0.6 is 0 Å². The van der Waals surface area contributed by atoms with E-state index in [0.29, 0.717) is 25.9 Å². The fraction of sp³-hybridized carbons (Fsp3) is 0.500. The molecule has 5 heteroatoms. The zero-order valence-corrected chi connectivity index (χ0v) is 12.2. The zero-order chi connectivity index (χ0) is 15.3. The lowest BCUT2D eigenvalue weighted by molar-refractivity contribution is -0.147. The lowest BCUT2D eigenvalue weighted by Gasteiger charge is -2.24. The summed E-state index contributed by atoms with van der Waals surface area (Å²) in [6.07, 6.45) is 1.32. The number of rotatable bonds is 6. The molecule has 1 aliphatic rings. The van der Waals surface area contributed by atoms with Crippen molar-refractivity contribution in [2.45, 2.75) is 37.6 Å². The first-order valence-corrected chi connectivity index (χ1v) is 7.20. The second-order valence-electron chi connectivity index (χ2n) is 5.59. The molecular formula is C16H21NO4. The molecule has 1 aromatic rings. The molecule has 114 valence electrons. The minimum absolute atomic E-state index is 0.0440. The van der Waals surface area contributed by atoms with Gasteiger partial charge in [0.15, 0.2) is 5.54 Å². The molecule has 1 aliphatic heterocycles. The molecular weight excluding hydrogens is 270 g/mol. The van der Waals surface area contributed by atoms with Crippen molar-refractivity contribution in [3.8, 4) is 0 Å². The number of ether oxygens (including phenoxy) is 1. The van der Waals surface area contributed by atoms with Crippen LogP contribution in [0.3, 0.4) is 0 Å². The summed E-state index contributed by atoms with van der Waals surface area (Å²) in [5, 5.41) is 11.9. The van der Waals surface area contributed by atoms with Crippen LogP contribution in [0.4, 0.5) is 0 Å². The summed E-state index contributed by atoms with van der Waals surface area (Å²) in [4.78, 5) is 23.3. The Bertz CT molecular complexity index is 494. The number of nitrogens with one attached hydrogen (secondary N) is 1. The highest BCUT2D eigenvalue weighted by Crippen LogP contribution is 2.22. The smallest absolute Gasteiger partial charge is 0.331 e. The van der Waals surface area contributed by atoms with Crippen molar-refractivity contribution in [2.75, 3.05) is 13.2 Å². The summed E-state index contributed by atoms with van der Waals surface area (Å²) in [6.45, 7) is 2.48. The Kier molecular flexibility index (Phi) is 4.96. The summed E-state index contributed by atoms with van der Waals surface area (Å²) >= 11 is 0. The molecule has 2 rings (SSSR count). The first-order valence-electron chi connectivity index (χ1n) is 7.20. The molecule has 2 N–H and O–H groups in total. The van der Waals surface area contributed by atoms with Crippen LogP contribution in [0.5, 0.6) is 0 Å². The molecule has 0 radical (unpaired) electrons. The number of hydrogen-bond acceptors (Lipinski definition) is 3. The van der Waals surface area contributed by atoms with Gasteiger partial charge in [0.2, 0.25) is 5.91 Å². The molecule has 2 unspecified atom stereocenters. The Labute approximate surface area is 124 Å². The normalized spacial score (nSPS) is 22.7. The highest BCUT2D eigenvalue weighted by molar-refractivity contribution is 5.87. The molecule has 0 saturated carbocycles. The molecule has 5 nitrogen and oxygen atoms in total. The van der Waals surface area contributed by atoms with E-state index in [-0.39, 0.29) is 18.4 Å². The average molecular weight is 291 g/mol. The lowest BCUT2D eigenvalue weighted by atomic mass is 9.95. The van der Waals surface area contributed by atoms with Gasteiger partial charge in [-0.15, -0.1) is 0 Å². The molecule has 0 spiro atoms. The number of amides is 1. The van der Waals surface area contributed by atoms with E-state index < -0.39 is 11.5 Å². The molecule has 1 amide bonds. The summed E-state index contributed by atoms with van der Waals surface area (Å²) in [5.41, 5.74) is -0.0602. The van der Waals surface area contributed by atoms with Gasteiger partial charge in [0.1, 0.15) is 0 Å². The Morgan fingerprint density at radius 1 is 1.38 bits per heavy atom. The summed E-state index contributed by atoms with van der Waals surface area (Å²) in [7, 11) is 0. The Morgan fingerprint density at radius 3 is 2.67 bits per heavy atom. The second-order valence-corrected chi connectivity index (χ2v) is 5.59. The Morgan fingerprint density at radius 2 is 2.10 bits per heavy atom. The molecule has 2 atom stereocenters. The van der Waals surface area contributed by atoms with E-state index in [9.17, 15) is 14.7 Å². The minimum Gasteiger partial charge on any atom is -0.479 e. The van der Waals surface area contributed by atoms with Crippen molar-refractivity contribution < 1.29 is 19.4 Å². The number of carboxylic acids is 1. The van der Waals surface area contributed by atoms with Crippen molar-refractivity contribution >= 4 is 11.9 Å². The van der Waals surface area contributed by atoms with Crippen molar-refractivity contribution in [2.24, 2.45) is 0 Å². The van der Waals surface area contributed by atoms with Gasteiger partial charge in [-0.3, -0.25) is 4.79 Å².